The van der Waals surface area contributed by atoms with E-state index in [0.29, 0.717) is 5.75 Å². The van der Waals surface area contributed by atoms with E-state index in [1.165, 1.54) is 16.3 Å². The average Bonchev–Trinajstić information content (AvgIpc) is 2.59. The first kappa shape index (κ1) is 16.4. The Balaban J connectivity index is 1.66. The molecule has 3 rings (SSSR count). The lowest BCUT2D eigenvalue weighted by Crippen LogP contribution is -2.11. The molecule has 0 bridgehead atoms. The Kier molecular flexibility index (Phi) is 5.05. The highest BCUT2D eigenvalue weighted by molar-refractivity contribution is 5.85. The summed E-state index contributed by atoms with van der Waals surface area (Å²) in [5.74, 6) is 0.409. The van der Waals surface area contributed by atoms with E-state index in [4.69, 9.17) is 0 Å². The number of rotatable bonds is 6. The summed E-state index contributed by atoms with van der Waals surface area (Å²) in [5, 5.41) is 12.8. The summed E-state index contributed by atoms with van der Waals surface area (Å²) >= 11 is 0. The van der Waals surface area contributed by atoms with Crippen LogP contribution in [-0.2, 0) is 12.8 Å². The number of aromatic hydroxyl groups is 1. The van der Waals surface area contributed by atoms with Gasteiger partial charge in [0.05, 0.1) is 0 Å². The Bertz CT molecular complexity index is 818. The van der Waals surface area contributed by atoms with Crippen LogP contribution in [0.2, 0.25) is 0 Å². The summed E-state index contributed by atoms with van der Waals surface area (Å²) in [6, 6.07) is 20.9. The summed E-state index contributed by atoms with van der Waals surface area (Å²) in [4.78, 5) is 2.07. The summed E-state index contributed by atoms with van der Waals surface area (Å²) < 4.78 is 0. The molecule has 0 unspecified atom stereocenters. The van der Waals surface area contributed by atoms with Crippen molar-refractivity contribution in [1.82, 2.24) is 0 Å². The SMILES string of the molecule is CN(C)c1cccc(O)c1CCCCc1cccc2ccccc12. The second-order valence-electron chi connectivity index (χ2n) is 6.51. The molecule has 0 atom stereocenters. The molecule has 0 spiro atoms. The Labute approximate surface area is 144 Å². The number of nitrogens with zero attached hydrogens (tertiary/aromatic N) is 1. The van der Waals surface area contributed by atoms with Gasteiger partial charge in [0.15, 0.2) is 0 Å². The summed E-state index contributed by atoms with van der Waals surface area (Å²) in [6.07, 6.45) is 4.17. The standard InChI is InChI=1S/C22H25NO/c1-23(2)21-15-8-16-22(24)20(21)14-6-4-10-18-12-7-11-17-9-3-5-13-19(17)18/h3,5,7-9,11-13,15-16,24H,4,6,10,14H2,1-2H3. The molecular formula is C22H25NO. The normalized spacial score (nSPS) is 10.9. The molecule has 2 nitrogen and oxygen atoms in total. The molecule has 0 aliphatic carbocycles. The van der Waals surface area contributed by atoms with Gasteiger partial charge in [-0.3, -0.25) is 0 Å². The monoisotopic (exact) mass is 319 g/mol. The zero-order valence-corrected chi connectivity index (χ0v) is 14.5. The number of hydrogen-bond donors (Lipinski definition) is 1. The maximum Gasteiger partial charge on any atom is 0.120 e. The maximum absolute atomic E-state index is 10.2. The van der Waals surface area contributed by atoms with E-state index < -0.39 is 0 Å². The van der Waals surface area contributed by atoms with Crippen LogP contribution in [-0.4, -0.2) is 19.2 Å². The number of unbranched alkanes of at least 4 members (excludes halogenated alkanes) is 1. The fourth-order valence-electron chi connectivity index (χ4n) is 3.37. The highest BCUT2D eigenvalue weighted by atomic mass is 16.3. The van der Waals surface area contributed by atoms with Crippen molar-refractivity contribution < 1.29 is 5.11 Å². The van der Waals surface area contributed by atoms with Crippen LogP contribution < -0.4 is 4.90 Å². The smallest absolute Gasteiger partial charge is 0.120 e. The van der Waals surface area contributed by atoms with Crippen LogP contribution in [0.15, 0.2) is 60.7 Å². The van der Waals surface area contributed by atoms with Crippen LogP contribution in [0.1, 0.15) is 24.0 Å². The van der Waals surface area contributed by atoms with Gasteiger partial charge >= 0.3 is 0 Å². The second-order valence-corrected chi connectivity index (χ2v) is 6.51. The zero-order valence-electron chi connectivity index (χ0n) is 14.5. The number of aryl methyl sites for hydroxylation is 1. The molecule has 3 aromatic carbocycles. The highest BCUT2D eigenvalue weighted by Crippen LogP contribution is 2.29. The van der Waals surface area contributed by atoms with Crippen molar-refractivity contribution in [2.75, 3.05) is 19.0 Å². The summed E-state index contributed by atoms with van der Waals surface area (Å²) in [7, 11) is 4.04. The third-order valence-corrected chi connectivity index (χ3v) is 4.61. The molecule has 0 saturated heterocycles. The van der Waals surface area contributed by atoms with E-state index in [1.54, 1.807) is 6.07 Å². The van der Waals surface area contributed by atoms with Gasteiger partial charge in [0.25, 0.3) is 0 Å². The first-order valence-electron chi connectivity index (χ1n) is 8.61. The summed E-state index contributed by atoms with van der Waals surface area (Å²) in [6.45, 7) is 0. The van der Waals surface area contributed by atoms with Gasteiger partial charge in [-0.2, -0.15) is 0 Å². The highest BCUT2D eigenvalue weighted by Gasteiger charge is 2.09. The average molecular weight is 319 g/mol. The van der Waals surface area contributed by atoms with Gasteiger partial charge in [-0.25, -0.2) is 0 Å². The van der Waals surface area contributed by atoms with Crippen LogP contribution in [0.4, 0.5) is 5.69 Å². The molecule has 3 aromatic rings. The van der Waals surface area contributed by atoms with Gasteiger partial charge in [0, 0.05) is 25.3 Å². The molecule has 0 aliphatic heterocycles. The lowest BCUT2D eigenvalue weighted by atomic mass is 9.98. The summed E-state index contributed by atoms with van der Waals surface area (Å²) in [5.41, 5.74) is 3.58. The van der Waals surface area contributed by atoms with Crippen LogP contribution in [0.3, 0.4) is 0 Å². The van der Waals surface area contributed by atoms with Crippen molar-refractivity contribution >= 4 is 16.5 Å². The fourth-order valence-corrected chi connectivity index (χ4v) is 3.37. The van der Waals surface area contributed by atoms with Gasteiger partial charge in [-0.1, -0.05) is 48.5 Å². The molecule has 0 heterocycles. The van der Waals surface area contributed by atoms with Gasteiger partial charge in [0.2, 0.25) is 0 Å². The number of benzene rings is 3. The first-order chi connectivity index (χ1) is 11.7. The van der Waals surface area contributed by atoms with Crippen molar-refractivity contribution in [3.05, 3.63) is 71.8 Å². The van der Waals surface area contributed by atoms with Crippen LogP contribution in [0.5, 0.6) is 5.75 Å². The van der Waals surface area contributed by atoms with Gasteiger partial charge in [-0.15, -0.1) is 0 Å². The lowest BCUT2D eigenvalue weighted by Gasteiger charge is -2.18. The predicted octanol–water partition coefficient (Wildman–Crippen LogP) is 5.18. The predicted molar refractivity (Wildman–Crippen MR) is 103 cm³/mol. The van der Waals surface area contributed by atoms with Crippen molar-refractivity contribution in [2.24, 2.45) is 0 Å². The van der Waals surface area contributed by atoms with Gasteiger partial charge < -0.3 is 10.0 Å². The zero-order chi connectivity index (χ0) is 16.9. The van der Waals surface area contributed by atoms with E-state index in [2.05, 4.69) is 53.4 Å². The quantitative estimate of drug-likeness (QED) is 0.633. The Hall–Kier alpha value is -2.48. The van der Waals surface area contributed by atoms with E-state index >= 15 is 0 Å². The van der Waals surface area contributed by atoms with Crippen molar-refractivity contribution in [2.45, 2.75) is 25.7 Å². The first-order valence-corrected chi connectivity index (χ1v) is 8.61. The number of fused-ring (bicyclic) bond motifs is 1. The molecule has 1 N–H and O–H groups in total. The van der Waals surface area contributed by atoms with E-state index in [1.807, 2.05) is 20.2 Å². The maximum atomic E-state index is 10.2. The molecule has 0 amide bonds. The Morgan fingerprint density at radius 2 is 1.50 bits per heavy atom. The minimum Gasteiger partial charge on any atom is -0.508 e. The number of phenolic OH excluding ortho intramolecular Hbond substituents is 1. The number of hydrogen-bond acceptors (Lipinski definition) is 2. The minimum absolute atomic E-state index is 0.409. The van der Waals surface area contributed by atoms with Crippen LogP contribution >= 0.6 is 0 Å². The lowest BCUT2D eigenvalue weighted by molar-refractivity contribution is 0.466. The molecule has 0 aromatic heterocycles. The molecule has 0 aliphatic rings. The van der Waals surface area contributed by atoms with Crippen LogP contribution in [0, 0.1) is 0 Å². The number of phenols is 1. The van der Waals surface area contributed by atoms with E-state index in [9.17, 15) is 5.11 Å². The van der Waals surface area contributed by atoms with E-state index in [0.717, 1.165) is 36.9 Å². The van der Waals surface area contributed by atoms with Gasteiger partial charge in [0.1, 0.15) is 5.75 Å². The minimum atomic E-state index is 0.409. The van der Waals surface area contributed by atoms with Gasteiger partial charge in [-0.05, 0) is 54.2 Å². The molecule has 0 radical (unpaired) electrons. The fraction of sp³-hybridized carbons (Fsp3) is 0.273. The molecular weight excluding hydrogens is 294 g/mol. The molecule has 124 valence electrons. The Morgan fingerprint density at radius 1 is 0.792 bits per heavy atom. The molecule has 0 saturated carbocycles. The number of anilines is 1. The van der Waals surface area contributed by atoms with Crippen molar-refractivity contribution in [1.29, 1.82) is 0 Å². The Morgan fingerprint density at radius 3 is 2.33 bits per heavy atom. The van der Waals surface area contributed by atoms with Crippen molar-refractivity contribution in [3.63, 3.8) is 0 Å². The largest absolute Gasteiger partial charge is 0.508 e. The second kappa shape index (κ2) is 7.39. The topological polar surface area (TPSA) is 23.5 Å². The molecule has 24 heavy (non-hydrogen) atoms. The molecule has 2 heteroatoms. The van der Waals surface area contributed by atoms with Crippen molar-refractivity contribution in [3.8, 4) is 5.75 Å². The van der Waals surface area contributed by atoms with E-state index in [-0.39, 0.29) is 0 Å². The van der Waals surface area contributed by atoms with Crippen LogP contribution in [0.25, 0.3) is 10.8 Å². The third kappa shape index (κ3) is 3.53. The molecule has 0 fully saturated rings. The third-order valence-electron chi connectivity index (χ3n) is 4.61.